The van der Waals surface area contributed by atoms with E-state index in [-0.39, 0.29) is 24.4 Å². The molecular weight excluding hydrogens is 504 g/mol. The van der Waals surface area contributed by atoms with E-state index in [0.29, 0.717) is 19.4 Å². The second kappa shape index (κ2) is 13.4. The molecule has 0 bridgehead atoms. The second-order valence-electron chi connectivity index (χ2n) is 11.1. The fraction of sp³-hybridized carbons (Fsp3) is 0.471. The molecule has 2 aromatic rings. The maximum absolute atomic E-state index is 13.9. The van der Waals surface area contributed by atoms with Gasteiger partial charge in [-0.05, 0) is 56.7 Å². The van der Waals surface area contributed by atoms with Gasteiger partial charge in [0.2, 0.25) is 0 Å². The van der Waals surface area contributed by atoms with Gasteiger partial charge in [0.15, 0.2) is 5.78 Å². The van der Waals surface area contributed by atoms with Crippen molar-refractivity contribution in [2.75, 3.05) is 0 Å². The van der Waals surface area contributed by atoms with Gasteiger partial charge in [0.25, 0.3) is 0 Å². The van der Waals surface area contributed by atoms with E-state index in [9.17, 15) is 9.59 Å². The summed E-state index contributed by atoms with van der Waals surface area (Å²) in [6.45, 7) is 10.1. The Kier molecular flexibility index (Phi) is 9.97. The summed E-state index contributed by atoms with van der Waals surface area (Å²) in [6, 6.07) is 19.7. The van der Waals surface area contributed by atoms with Gasteiger partial charge in [-0.25, -0.2) is 0 Å². The number of esters is 1. The molecule has 6 nitrogen and oxygen atoms in total. The van der Waals surface area contributed by atoms with Crippen molar-refractivity contribution in [2.45, 2.75) is 90.7 Å². The molecule has 2 heterocycles. The summed E-state index contributed by atoms with van der Waals surface area (Å²) in [5.41, 5.74) is 7.93. The van der Waals surface area contributed by atoms with Gasteiger partial charge < -0.3 is 18.9 Å². The maximum atomic E-state index is 13.9. The highest BCUT2D eigenvalue weighted by atomic mass is 16.6. The monoisotopic (exact) mass is 544 g/mol. The van der Waals surface area contributed by atoms with Gasteiger partial charge >= 0.3 is 5.97 Å². The van der Waals surface area contributed by atoms with Crippen LogP contribution in [0.2, 0.25) is 0 Å². The average Bonchev–Trinajstić information content (AvgIpc) is 3.77. The molecule has 2 aliphatic heterocycles. The molecular formula is C34H40O6. The third kappa shape index (κ3) is 7.48. The summed E-state index contributed by atoms with van der Waals surface area (Å²) in [5, 5.41) is 0. The van der Waals surface area contributed by atoms with Crippen LogP contribution in [-0.2, 0) is 41.8 Å². The van der Waals surface area contributed by atoms with E-state index >= 15 is 0 Å². The lowest BCUT2D eigenvalue weighted by atomic mass is 9.83. The molecule has 0 saturated carbocycles. The zero-order chi connectivity index (χ0) is 28.7. The molecule has 0 aliphatic carbocycles. The molecule has 1 saturated heterocycles. The largest absolute Gasteiger partial charge is 0.457 e. The first-order valence-corrected chi connectivity index (χ1v) is 14.1. The van der Waals surface area contributed by atoms with Crippen LogP contribution < -0.4 is 0 Å². The Hall–Kier alpha value is -3.24. The topological polar surface area (TPSA) is 74.4 Å². The molecule has 1 fully saturated rings. The van der Waals surface area contributed by atoms with Crippen LogP contribution in [0.1, 0.15) is 58.6 Å². The van der Waals surface area contributed by atoms with Gasteiger partial charge in [0.1, 0.15) is 23.9 Å². The second-order valence-corrected chi connectivity index (χ2v) is 11.1. The summed E-state index contributed by atoms with van der Waals surface area (Å²) in [4.78, 5) is 26.9. The van der Waals surface area contributed by atoms with Crippen molar-refractivity contribution < 1.29 is 28.5 Å². The number of cyclic esters (lactones) is 1. The molecule has 0 N–H and O–H groups in total. The number of carbonyl (C=O) groups is 2. The van der Waals surface area contributed by atoms with Crippen molar-refractivity contribution in [3.05, 3.63) is 94.9 Å². The molecule has 2 aliphatic rings. The van der Waals surface area contributed by atoms with Crippen molar-refractivity contribution in [2.24, 2.45) is 11.8 Å². The Morgan fingerprint density at radius 2 is 1.60 bits per heavy atom. The number of benzene rings is 2. The van der Waals surface area contributed by atoms with E-state index < -0.39 is 35.8 Å². The predicted molar refractivity (Wildman–Crippen MR) is 152 cm³/mol. The molecule has 0 spiro atoms. The SMILES string of the molecule is CC[C@H]1OC(=O)[C@H](C)[C@@H]2O[C@H]2C(=O)[C@](C)(OCc2ccccc2)C[C@@H](C)[C@H](OCc2ccccc2)C=C=C=C1C. The van der Waals surface area contributed by atoms with Crippen LogP contribution >= 0.6 is 0 Å². The van der Waals surface area contributed by atoms with Gasteiger partial charge in [-0.1, -0.05) is 86.0 Å². The fourth-order valence-electron chi connectivity index (χ4n) is 5.11. The first kappa shape index (κ1) is 29.7. The lowest BCUT2D eigenvalue weighted by Crippen LogP contribution is -2.45. The highest BCUT2D eigenvalue weighted by molar-refractivity contribution is 5.94. The number of Topliss-reactive ketones (excluding diaryl/α,β-unsaturated/α-hetero) is 1. The van der Waals surface area contributed by atoms with E-state index in [4.69, 9.17) is 18.9 Å². The minimum atomic E-state index is -1.16. The van der Waals surface area contributed by atoms with E-state index in [1.54, 1.807) is 6.92 Å². The van der Waals surface area contributed by atoms with Crippen LogP contribution in [-0.4, -0.2) is 41.8 Å². The lowest BCUT2D eigenvalue weighted by Gasteiger charge is -2.33. The van der Waals surface area contributed by atoms with E-state index in [1.807, 2.05) is 87.5 Å². The van der Waals surface area contributed by atoms with Gasteiger partial charge in [-0.2, -0.15) is 0 Å². The van der Waals surface area contributed by atoms with E-state index in [2.05, 4.69) is 18.4 Å². The summed E-state index contributed by atoms with van der Waals surface area (Å²) in [5.74, 6) is -1.25. The van der Waals surface area contributed by atoms with Gasteiger partial charge in [-0.3, -0.25) is 9.59 Å². The van der Waals surface area contributed by atoms with Gasteiger partial charge in [0, 0.05) is 5.57 Å². The summed E-state index contributed by atoms with van der Waals surface area (Å²) in [6.07, 6.45) is 0.761. The van der Waals surface area contributed by atoms with Crippen molar-refractivity contribution in [1.29, 1.82) is 0 Å². The number of hydrogen-bond acceptors (Lipinski definition) is 6. The zero-order valence-electron chi connectivity index (χ0n) is 24.1. The molecule has 4 rings (SSSR count). The number of ether oxygens (including phenoxy) is 4. The van der Waals surface area contributed by atoms with Crippen molar-refractivity contribution in [1.82, 2.24) is 0 Å². The van der Waals surface area contributed by atoms with E-state index in [1.165, 1.54) is 0 Å². The fourth-order valence-corrected chi connectivity index (χ4v) is 5.11. The van der Waals surface area contributed by atoms with Crippen LogP contribution in [0, 0.1) is 11.8 Å². The molecule has 0 unspecified atom stereocenters. The molecule has 212 valence electrons. The Balaban J connectivity index is 1.67. The first-order valence-electron chi connectivity index (χ1n) is 14.1. The van der Waals surface area contributed by atoms with Gasteiger partial charge in [-0.15, -0.1) is 0 Å². The summed E-state index contributed by atoms with van der Waals surface area (Å²) in [7, 11) is 0. The smallest absolute Gasteiger partial charge is 0.312 e. The number of ketones is 1. The average molecular weight is 545 g/mol. The maximum Gasteiger partial charge on any atom is 0.312 e. The Bertz CT molecular complexity index is 1260. The number of rotatable bonds is 7. The van der Waals surface area contributed by atoms with Crippen molar-refractivity contribution >= 4 is 11.8 Å². The van der Waals surface area contributed by atoms with Gasteiger partial charge in [0.05, 0.1) is 25.2 Å². The molecule has 2 aromatic carbocycles. The molecule has 0 aromatic heterocycles. The van der Waals surface area contributed by atoms with Crippen molar-refractivity contribution in [3.8, 4) is 0 Å². The minimum Gasteiger partial charge on any atom is -0.457 e. The quantitative estimate of drug-likeness (QED) is 0.237. The lowest BCUT2D eigenvalue weighted by molar-refractivity contribution is -0.152. The van der Waals surface area contributed by atoms with Crippen LogP contribution in [0.15, 0.2) is 83.8 Å². The highest BCUT2D eigenvalue weighted by Crippen LogP contribution is 2.38. The minimum absolute atomic E-state index is 0.109. The van der Waals surface area contributed by atoms with E-state index in [0.717, 1.165) is 16.7 Å². The third-order valence-corrected chi connectivity index (χ3v) is 7.76. The van der Waals surface area contributed by atoms with Crippen LogP contribution in [0.3, 0.4) is 0 Å². The molecule has 0 radical (unpaired) electrons. The third-order valence-electron chi connectivity index (χ3n) is 7.76. The number of hydrogen-bond donors (Lipinski definition) is 0. The predicted octanol–water partition coefficient (Wildman–Crippen LogP) is 6.14. The normalized spacial score (nSPS) is 31.0. The summed E-state index contributed by atoms with van der Waals surface area (Å²) < 4.78 is 24.4. The summed E-state index contributed by atoms with van der Waals surface area (Å²) >= 11 is 0. The Morgan fingerprint density at radius 3 is 2.23 bits per heavy atom. The van der Waals surface area contributed by atoms with Crippen LogP contribution in [0.25, 0.3) is 0 Å². The number of fused-ring (bicyclic) bond motifs is 1. The zero-order valence-corrected chi connectivity index (χ0v) is 24.1. The molecule has 0 amide bonds. The molecule has 7 atom stereocenters. The Labute approximate surface area is 237 Å². The standard InChI is InChI=1S/C34H40O6/c1-6-28-23(2)14-13-19-29(37-21-26-15-9-7-10-16-26)24(3)20-34(5,38-22-27-17-11-8-12-18-27)32(35)31-30(40-31)25(4)33(36)39-28/h7-12,15-19,24-25,28-31H,6,20-22H2,1-5H3/t24-,25-,28-,29-,30+,31-,34-/m1/s1. The number of epoxide rings is 1. The highest BCUT2D eigenvalue weighted by Gasteiger charge is 2.56. The Morgan fingerprint density at radius 1 is 0.975 bits per heavy atom. The van der Waals surface area contributed by atoms with Crippen LogP contribution in [0.4, 0.5) is 0 Å². The first-order chi connectivity index (χ1) is 19.2. The molecule has 6 heteroatoms. The number of carbonyl (C=O) groups excluding carboxylic acids is 2. The van der Waals surface area contributed by atoms with Crippen molar-refractivity contribution in [3.63, 3.8) is 0 Å². The molecule has 40 heavy (non-hydrogen) atoms. The van der Waals surface area contributed by atoms with Crippen LogP contribution in [0.5, 0.6) is 0 Å².